The van der Waals surface area contributed by atoms with Gasteiger partial charge in [0, 0.05) is 18.1 Å². The molecule has 1 aliphatic rings. The first-order valence-corrected chi connectivity index (χ1v) is 10.0. The summed E-state index contributed by atoms with van der Waals surface area (Å²) in [5.74, 6) is -1.19. The summed E-state index contributed by atoms with van der Waals surface area (Å²) < 4.78 is 16.0. The highest BCUT2D eigenvalue weighted by molar-refractivity contribution is 6.05. The van der Waals surface area contributed by atoms with Crippen molar-refractivity contribution < 1.29 is 14.1 Å². The molecule has 2 heterocycles. The molecule has 3 aromatic rings. The van der Waals surface area contributed by atoms with Gasteiger partial charge in [0.2, 0.25) is 0 Å². The van der Waals surface area contributed by atoms with Crippen LogP contribution < -0.4 is 10.6 Å². The minimum absolute atomic E-state index is 0. The molecule has 1 saturated heterocycles. The minimum Gasteiger partial charge on any atom is -0.319 e. The number of carbonyl (C=O) groups excluding carboxylic acids is 1. The SMILES string of the molecule is Cc1cccc(-n2ncc(C(=O)Nc3cc([N+](=O)[O-])ccc3F)c2C2CCNCC2)c1.Cl. The fourth-order valence-electron chi connectivity index (χ4n) is 3.90. The van der Waals surface area contributed by atoms with Gasteiger partial charge in [-0.2, -0.15) is 5.10 Å². The molecule has 168 valence electrons. The molecule has 0 unspecified atom stereocenters. The van der Waals surface area contributed by atoms with Gasteiger partial charge >= 0.3 is 0 Å². The zero-order valence-corrected chi connectivity index (χ0v) is 18.2. The third-order valence-corrected chi connectivity index (χ3v) is 5.43. The van der Waals surface area contributed by atoms with E-state index in [2.05, 4.69) is 15.7 Å². The molecule has 1 amide bonds. The van der Waals surface area contributed by atoms with Gasteiger partial charge < -0.3 is 10.6 Å². The van der Waals surface area contributed by atoms with Gasteiger partial charge in [-0.15, -0.1) is 12.4 Å². The molecule has 0 radical (unpaired) electrons. The smallest absolute Gasteiger partial charge is 0.271 e. The van der Waals surface area contributed by atoms with E-state index >= 15 is 0 Å². The lowest BCUT2D eigenvalue weighted by molar-refractivity contribution is -0.384. The van der Waals surface area contributed by atoms with E-state index in [1.54, 1.807) is 4.68 Å². The summed E-state index contributed by atoms with van der Waals surface area (Å²) >= 11 is 0. The van der Waals surface area contributed by atoms with Crippen LogP contribution in [0.15, 0.2) is 48.7 Å². The molecule has 0 atom stereocenters. The van der Waals surface area contributed by atoms with Crippen LogP contribution in [0.1, 0.15) is 40.4 Å². The molecular weight excluding hydrogens is 437 g/mol. The van der Waals surface area contributed by atoms with Crippen LogP contribution in [-0.2, 0) is 0 Å². The van der Waals surface area contributed by atoms with E-state index in [0.29, 0.717) is 5.56 Å². The first-order valence-electron chi connectivity index (χ1n) is 10.0. The van der Waals surface area contributed by atoms with Gasteiger partial charge in [-0.1, -0.05) is 12.1 Å². The molecular formula is C22H23ClFN5O3. The van der Waals surface area contributed by atoms with Crippen LogP contribution in [0.4, 0.5) is 15.8 Å². The summed E-state index contributed by atoms with van der Waals surface area (Å²) in [4.78, 5) is 23.5. The Labute approximate surface area is 190 Å². The van der Waals surface area contributed by atoms with Crippen molar-refractivity contribution in [2.45, 2.75) is 25.7 Å². The zero-order valence-electron chi connectivity index (χ0n) is 17.4. The van der Waals surface area contributed by atoms with Crippen molar-refractivity contribution in [2.24, 2.45) is 0 Å². The summed E-state index contributed by atoms with van der Waals surface area (Å²) in [6, 6.07) is 10.9. The number of nitrogens with zero attached hydrogens (tertiary/aromatic N) is 3. The molecule has 1 aromatic heterocycles. The van der Waals surface area contributed by atoms with E-state index < -0.39 is 16.6 Å². The topological polar surface area (TPSA) is 102 Å². The first-order chi connectivity index (χ1) is 14.9. The third-order valence-electron chi connectivity index (χ3n) is 5.43. The summed E-state index contributed by atoms with van der Waals surface area (Å²) in [6.07, 6.45) is 3.15. The summed E-state index contributed by atoms with van der Waals surface area (Å²) in [6.45, 7) is 3.63. The van der Waals surface area contributed by atoms with Crippen LogP contribution in [0, 0.1) is 22.9 Å². The average Bonchev–Trinajstić information content (AvgIpc) is 3.21. The number of aromatic nitrogens is 2. The van der Waals surface area contributed by atoms with Crippen LogP contribution in [0.3, 0.4) is 0 Å². The highest BCUT2D eigenvalue weighted by atomic mass is 35.5. The maximum Gasteiger partial charge on any atom is 0.271 e. The second-order valence-electron chi connectivity index (χ2n) is 7.59. The Morgan fingerprint density at radius 1 is 1.25 bits per heavy atom. The highest BCUT2D eigenvalue weighted by Crippen LogP contribution is 2.31. The molecule has 0 saturated carbocycles. The van der Waals surface area contributed by atoms with Gasteiger partial charge in [-0.05, 0) is 56.6 Å². The highest BCUT2D eigenvalue weighted by Gasteiger charge is 2.27. The number of carbonyl (C=O) groups is 1. The van der Waals surface area contributed by atoms with Crippen LogP contribution in [0.5, 0.6) is 0 Å². The van der Waals surface area contributed by atoms with E-state index in [-0.39, 0.29) is 29.7 Å². The number of hydrogen-bond acceptors (Lipinski definition) is 5. The predicted octanol–water partition coefficient (Wildman–Crippen LogP) is 4.37. The minimum atomic E-state index is -0.742. The molecule has 8 nitrogen and oxygen atoms in total. The first kappa shape index (κ1) is 23.4. The van der Waals surface area contributed by atoms with Gasteiger partial charge in [-0.3, -0.25) is 14.9 Å². The van der Waals surface area contributed by atoms with E-state index in [9.17, 15) is 19.3 Å². The number of nitro benzene ring substituents is 1. The quantitative estimate of drug-likeness (QED) is 0.435. The van der Waals surface area contributed by atoms with Crippen molar-refractivity contribution in [3.05, 3.63) is 81.4 Å². The lowest BCUT2D eigenvalue weighted by Crippen LogP contribution is -2.29. The fourth-order valence-corrected chi connectivity index (χ4v) is 3.90. The Morgan fingerprint density at radius 3 is 2.69 bits per heavy atom. The number of halogens is 2. The Morgan fingerprint density at radius 2 is 2.00 bits per heavy atom. The number of hydrogen-bond donors (Lipinski definition) is 2. The lowest BCUT2D eigenvalue weighted by Gasteiger charge is -2.24. The molecule has 10 heteroatoms. The standard InChI is InChI=1S/C22H22FN5O3.ClH/c1-14-3-2-4-16(11-14)27-21(15-7-9-24-10-8-15)18(13-25-27)22(29)26-20-12-17(28(30)31)5-6-19(20)23;/h2-6,11-13,15,24H,7-10H2,1H3,(H,26,29);1H. The van der Waals surface area contributed by atoms with E-state index in [0.717, 1.165) is 61.1 Å². The lowest BCUT2D eigenvalue weighted by atomic mass is 9.91. The second kappa shape index (κ2) is 9.88. The van der Waals surface area contributed by atoms with Crippen LogP contribution >= 0.6 is 12.4 Å². The van der Waals surface area contributed by atoms with Crippen LogP contribution in [-0.4, -0.2) is 33.7 Å². The molecule has 2 aromatic carbocycles. The third kappa shape index (κ3) is 4.79. The maximum atomic E-state index is 14.2. The van der Waals surface area contributed by atoms with Gasteiger partial charge in [0.1, 0.15) is 5.82 Å². The number of benzene rings is 2. The number of rotatable bonds is 5. The second-order valence-corrected chi connectivity index (χ2v) is 7.59. The van der Waals surface area contributed by atoms with Gasteiger partial charge in [0.25, 0.3) is 11.6 Å². The largest absolute Gasteiger partial charge is 0.319 e. The maximum absolute atomic E-state index is 14.2. The zero-order chi connectivity index (χ0) is 22.0. The Bertz CT molecular complexity index is 1140. The number of nitro groups is 1. The van der Waals surface area contributed by atoms with E-state index in [1.807, 2.05) is 31.2 Å². The Balaban J connectivity index is 0.00000289. The monoisotopic (exact) mass is 459 g/mol. The number of nitrogens with one attached hydrogen (secondary N) is 2. The number of piperidine rings is 1. The van der Waals surface area contributed by atoms with Crippen molar-refractivity contribution >= 4 is 29.7 Å². The molecule has 4 rings (SSSR count). The van der Waals surface area contributed by atoms with Crippen molar-refractivity contribution in [1.82, 2.24) is 15.1 Å². The number of anilines is 1. The Hall–Kier alpha value is -3.30. The predicted molar refractivity (Wildman–Crippen MR) is 121 cm³/mol. The van der Waals surface area contributed by atoms with Crippen molar-refractivity contribution in [3.63, 3.8) is 0 Å². The summed E-state index contributed by atoms with van der Waals surface area (Å²) in [7, 11) is 0. The molecule has 1 aliphatic heterocycles. The van der Waals surface area contributed by atoms with Crippen molar-refractivity contribution in [2.75, 3.05) is 18.4 Å². The molecule has 0 aliphatic carbocycles. The average molecular weight is 460 g/mol. The van der Waals surface area contributed by atoms with E-state index in [1.165, 1.54) is 6.20 Å². The number of amides is 1. The summed E-state index contributed by atoms with van der Waals surface area (Å²) in [5, 5.41) is 21.3. The molecule has 0 spiro atoms. The fraction of sp³-hybridized carbons (Fsp3) is 0.273. The van der Waals surface area contributed by atoms with Crippen LogP contribution in [0.25, 0.3) is 5.69 Å². The molecule has 1 fully saturated rings. The molecule has 32 heavy (non-hydrogen) atoms. The normalized spacial score (nSPS) is 13.9. The summed E-state index contributed by atoms with van der Waals surface area (Å²) in [5.41, 5.74) is 2.46. The Kier molecular flexibility index (Phi) is 7.22. The number of aryl methyl sites for hydroxylation is 1. The van der Waals surface area contributed by atoms with Gasteiger partial charge in [0.05, 0.1) is 33.8 Å². The number of non-ortho nitro benzene ring substituents is 1. The van der Waals surface area contributed by atoms with Gasteiger partial charge in [0.15, 0.2) is 0 Å². The van der Waals surface area contributed by atoms with Gasteiger partial charge in [-0.25, -0.2) is 9.07 Å². The van der Waals surface area contributed by atoms with Crippen molar-refractivity contribution in [1.29, 1.82) is 0 Å². The van der Waals surface area contributed by atoms with Crippen LogP contribution in [0.2, 0.25) is 0 Å². The molecule has 0 bridgehead atoms. The van der Waals surface area contributed by atoms with E-state index in [4.69, 9.17) is 0 Å². The van der Waals surface area contributed by atoms with Crippen molar-refractivity contribution in [3.8, 4) is 5.69 Å². The molecule has 2 N–H and O–H groups in total.